The first-order chi connectivity index (χ1) is 10.1. The lowest BCUT2D eigenvalue weighted by Gasteiger charge is -2.54. The van der Waals surface area contributed by atoms with Gasteiger partial charge in [0.25, 0.3) is 6.41 Å². The maximum atomic E-state index is 11.7. The zero-order valence-electron chi connectivity index (χ0n) is 15.8. The van der Waals surface area contributed by atoms with Gasteiger partial charge in [0, 0.05) is 6.42 Å². The van der Waals surface area contributed by atoms with Crippen molar-refractivity contribution in [3.63, 3.8) is 0 Å². The Morgan fingerprint density at radius 3 is 1.73 bits per heavy atom. The first kappa shape index (κ1) is 19.4. The molecule has 4 heteroatoms. The van der Waals surface area contributed by atoms with Crippen LogP contribution in [-0.2, 0) is 14.3 Å². The summed E-state index contributed by atoms with van der Waals surface area (Å²) < 4.78 is 11.9. The molecule has 1 heterocycles. The predicted molar refractivity (Wildman–Crippen MR) is 89.2 cm³/mol. The van der Waals surface area contributed by atoms with Gasteiger partial charge in [0.15, 0.2) is 0 Å². The Morgan fingerprint density at radius 2 is 1.45 bits per heavy atom. The van der Waals surface area contributed by atoms with E-state index >= 15 is 0 Å². The van der Waals surface area contributed by atoms with Gasteiger partial charge in [-0.2, -0.15) is 0 Å². The number of carbonyl (C=O) groups is 1. The third-order valence-corrected chi connectivity index (χ3v) is 5.37. The number of esters is 1. The fourth-order valence-electron chi connectivity index (χ4n) is 4.66. The number of ether oxygens (including phenoxy) is 2. The van der Waals surface area contributed by atoms with Gasteiger partial charge in [0.05, 0.1) is 11.1 Å². The summed E-state index contributed by atoms with van der Waals surface area (Å²) in [6, 6.07) is 0. The fraction of sp³-hybridized carbons (Fsp3) is 0.944. The molecular weight excluding hydrogens is 278 g/mol. The zero-order chi connectivity index (χ0) is 17.3. The molecule has 0 aromatic rings. The van der Waals surface area contributed by atoms with Gasteiger partial charge < -0.3 is 9.47 Å². The van der Waals surface area contributed by atoms with Crippen LogP contribution in [0, 0.1) is 23.7 Å². The van der Waals surface area contributed by atoms with Gasteiger partial charge in [-0.25, -0.2) is 5.32 Å². The van der Waals surface area contributed by atoms with Gasteiger partial charge in [-0.3, -0.25) is 4.79 Å². The molecule has 0 aromatic carbocycles. The number of hydrogen-bond acceptors (Lipinski definition) is 4. The van der Waals surface area contributed by atoms with Gasteiger partial charge in [0.1, 0.15) is 0 Å². The van der Waals surface area contributed by atoms with Crippen molar-refractivity contribution in [3.05, 3.63) is 0 Å². The molecule has 0 aliphatic carbocycles. The molecule has 1 rings (SSSR count). The second-order valence-electron chi connectivity index (χ2n) is 7.72. The third kappa shape index (κ3) is 2.80. The molecule has 1 saturated heterocycles. The molecule has 130 valence electrons. The van der Waals surface area contributed by atoms with E-state index in [2.05, 4.69) is 60.7 Å². The highest BCUT2D eigenvalue weighted by molar-refractivity contribution is 5.69. The van der Waals surface area contributed by atoms with Crippen LogP contribution in [0.5, 0.6) is 0 Å². The Labute approximate surface area is 136 Å². The fourth-order valence-corrected chi connectivity index (χ4v) is 4.66. The topological polar surface area (TPSA) is 47.6 Å². The number of nitrogens with one attached hydrogen (secondary N) is 1. The Morgan fingerprint density at radius 1 is 1.00 bits per heavy atom. The average Bonchev–Trinajstić information content (AvgIpc) is 2.75. The van der Waals surface area contributed by atoms with E-state index in [0.717, 1.165) is 0 Å². The molecule has 0 aromatic heterocycles. The normalized spacial score (nSPS) is 23.8. The van der Waals surface area contributed by atoms with Crippen LogP contribution < -0.4 is 5.32 Å². The monoisotopic (exact) mass is 313 g/mol. The first-order valence-electron chi connectivity index (χ1n) is 8.71. The second-order valence-corrected chi connectivity index (χ2v) is 7.72. The summed E-state index contributed by atoms with van der Waals surface area (Å²) in [5, 5.41) is 3.56. The van der Waals surface area contributed by atoms with Crippen molar-refractivity contribution in [1.82, 2.24) is 5.32 Å². The minimum atomic E-state index is -0.665. The van der Waals surface area contributed by atoms with Crippen molar-refractivity contribution >= 4 is 5.97 Å². The molecule has 1 fully saturated rings. The van der Waals surface area contributed by atoms with Crippen molar-refractivity contribution in [3.8, 4) is 0 Å². The second kappa shape index (κ2) is 6.88. The molecule has 0 radical (unpaired) electrons. The maximum absolute atomic E-state index is 11.7. The van der Waals surface area contributed by atoms with Gasteiger partial charge in [-0.05, 0) is 23.7 Å². The Hall–Kier alpha value is -0.610. The van der Waals surface area contributed by atoms with Crippen molar-refractivity contribution < 1.29 is 14.3 Å². The molecule has 0 spiro atoms. The van der Waals surface area contributed by atoms with Gasteiger partial charge in [-0.1, -0.05) is 62.3 Å². The van der Waals surface area contributed by atoms with Gasteiger partial charge >= 0.3 is 5.97 Å². The molecule has 0 bridgehead atoms. The highest BCUT2D eigenvalue weighted by Crippen LogP contribution is 2.52. The van der Waals surface area contributed by atoms with E-state index < -0.39 is 6.41 Å². The Kier molecular flexibility index (Phi) is 6.07. The average molecular weight is 313 g/mol. The lowest BCUT2D eigenvalue weighted by Crippen LogP contribution is -2.68. The zero-order valence-corrected chi connectivity index (χ0v) is 15.8. The lowest BCUT2D eigenvalue weighted by atomic mass is 9.58. The van der Waals surface area contributed by atoms with Crippen LogP contribution in [0.4, 0.5) is 0 Å². The molecule has 1 aliphatic rings. The van der Waals surface area contributed by atoms with Gasteiger partial charge in [-0.15, -0.1) is 0 Å². The minimum absolute atomic E-state index is 0.234. The van der Waals surface area contributed by atoms with E-state index in [4.69, 9.17) is 9.47 Å². The molecule has 0 amide bonds. The van der Waals surface area contributed by atoms with Crippen molar-refractivity contribution in [2.24, 2.45) is 23.7 Å². The third-order valence-electron chi connectivity index (χ3n) is 5.37. The highest BCUT2D eigenvalue weighted by Gasteiger charge is 2.65. The summed E-state index contributed by atoms with van der Waals surface area (Å²) in [6.07, 6.45) is -0.309. The molecule has 4 nitrogen and oxygen atoms in total. The number of hydrogen-bond donors (Lipinski definition) is 1. The Balaban J connectivity index is 3.37. The quantitative estimate of drug-likeness (QED) is 0.754. The van der Waals surface area contributed by atoms with Gasteiger partial charge in [0.2, 0.25) is 0 Å². The van der Waals surface area contributed by atoms with Crippen molar-refractivity contribution in [2.45, 2.75) is 86.3 Å². The van der Waals surface area contributed by atoms with Crippen LogP contribution in [0.2, 0.25) is 0 Å². The van der Waals surface area contributed by atoms with E-state index in [1.165, 1.54) is 0 Å². The predicted octanol–water partition coefficient (Wildman–Crippen LogP) is 3.94. The van der Waals surface area contributed by atoms with E-state index in [0.29, 0.717) is 30.1 Å². The summed E-state index contributed by atoms with van der Waals surface area (Å²) in [7, 11) is 0. The molecule has 1 atom stereocenters. The van der Waals surface area contributed by atoms with Crippen LogP contribution in [0.1, 0.15) is 68.7 Å². The summed E-state index contributed by atoms with van der Waals surface area (Å²) in [5.41, 5.74) is -0.623. The van der Waals surface area contributed by atoms with E-state index in [1.807, 2.05) is 0 Å². The number of rotatable bonds is 6. The van der Waals surface area contributed by atoms with Crippen LogP contribution in [0.15, 0.2) is 0 Å². The first-order valence-corrected chi connectivity index (χ1v) is 8.71. The summed E-state index contributed by atoms with van der Waals surface area (Å²) >= 11 is 0. The lowest BCUT2D eigenvalue weighted by molar-refractivity contribution is -0.213. The summed E-state index contributed by atoms with van der Waals surface area (Å²) in [5.74, 6) is 1.07. The summed E-state index contributed by atoms with van der Waals surface area (Å²) in [6.45, 7) is 19.5. The van der Waals surface area contributed by atoms with E-state index in [-0.39, 0.29) is 17.1 Å². The minimum Gasteiger partial charge on any atom is -0.421 e. The SMILES string of the molecule is CCC(=O)OC1NC(C(C)C)(C(C)C)C(C(C)C)(C(C)C)O1. The van der Waals surface area contributed by atoms with Crippen molar-refractivity contribution in [2.75, 3.05) is 0 Å². The largest absolute Gasteiger partial charge is 0.421 e. The standard InChI is InChI=1S/C18H35NO3/c1-10-15(20)21-16-19-17(11(2)3,12(4)5)18(22-16,13(6)7)14(8)9/h11-14,16,19H,10H2,1-9H3. The molecule has 1 N–H and O–H groups in total. The van der Waals surface area contributed by atoms with Crippen LogP contribution >= 0.6 is 0 Å². The molecule has 22 heavy (non-hydrogen) atoms. The van der Waals surface area contributed by atoms with E-state index in [1.54, 1.807) is 6.92 Å². The maximum Gasteiger partial charge on any atom is 0.308 e. The van der Waals surface area contributed by atoms with Crippen molar-refractivity contribution in [1.29, 1.82) is 0 Å². The van der Waals surface area contributed by atoms with Crippen LogP contribution in [0.3, 0.4) is 0 Å². The molecule has 1 aliphatic heterocycles. The number of carbonyl (C=O) groups excluding carboxylic acids is 1. The van der Waals surface area contributed by atoms with Crippen LogP contribution in [-0.4, -0.2) is 23.5 Å². The molecule has 1 unspecified atom stereocenters. The van der Waals surface area contributed by atoms with E-state index in [9.17, 15) is 4.79 Å². The molecular formula is C18H35NO3. The Bertz CT molecular complexity index is 344. The van der Waals surface area contributed by atoms with Crippen LogP contribution in [0.25, 0.3) is 0 Å². The highest BCUT2D eigenvalue weighted by atomic mass is 16.7. The summed E-state index contributed by atoms with van der Waals surface area (Å²) in [4.78, 5) is 11.7. The molecule has 0 saturated carbocycles. The smallest absolute Gasteiger partial charge is 0.308 e.